The summed E-state index contributed by atoms with van der Waals surface area (Å²) in [6.45, 7) is 10.9. The zero-order chi connectivity index (χ0) is 14.7. The van der Waals surface area contributed by atoms with Crippen molar-refractivity contribution in [3.63, 3.8) is 0 Å². The number of hydrogen-bond donors (Lipinski definition) is 0. The highest BCUT2D eigenvalue weighted by Crippen LogP contribution is 2.17. The van der Waals surface area contributed by atoms with Crippen LogP contribution in [0.5, 0.6) is 0 Å². The maximum Gasteiger partial charge on any atom is 0.330 e. The minimum absolute atomic E-state index is 0.211. The smallest absolute Gasteiger partial charge is 0.330 e. The lowest BCUT2D eigenvalue weighted by molar-refractivity contribution is -0.137. The summed E-state index contributed by atoms with van der Waals surface area (Å²) in [6.07, 6.45) is 9.74. The zero-order valence-electron chi connectivity index (χ0n) is 13.3. The van der Waals surface area contributed by atoms with Gasteiger partial charge in [-0.2, -0.15) is 0 Å². The molecular weight excluding hydrogens is 236 g/mol. The van der Waals surface area contributed by atoms with Gasteiger partial charge in [-0.1, -0.05) is 30.6 Å². The first-order chi connectivity index (χ1) is 8.95. The van der Waals surface area contributed by atoms with Gasteiger partial charge in [-0.15, -0.1) is 0 Å². The molecule has 2 heteroatoms. The molecule has 0 amide bonds. The summed E-state index contributed by atoms with van der Waals surface area (Å²) in [5.74, 6) is 0.544. The fraction of sp³-hybridized carbons (Fsp3) is 0.706. The van der Waals surface area contributed by atoms with Crippen LogP contribution in [0, 0.1) is 5.92 Å². The van der Waals surface area contributed by atoms with Crippen molar-refractivity contribution >= 4 is 5.97 Å². The second-order valence-corrected chi connectivity index (χ2v) is 5.60. The molecule has 110 valence electrons. The van der Waals surface area contributed by atoms with Crippen molar-refractivity contribution in [2.24, 2.45) is 5.92 Å². The summed E-state index contributed by atoms with van der Waals surface area (Å²) in [7, 11) is 0. The molecule has 0 aromatic rings. The number of ether oxygens (including phenoxy) is 1. The van der Waals surface area contributed by atoms with Crippen molar-refractivity contribution in [3.05, 3.63) is 23.3 Å². The molecule has 0 saturated heterocycles. The van der Waals surface area contributed by atoms with Crippen LogP contribution in [0.3, 0.4) is 0 Å². The Balaban J connectivity index is 3.77. The van der Waals surface area contributed by atoms with Crippen LogP contribution in [0.15, 0.2) is 23.3 Å². The molecule has 0 aliphatic carbocycles. The van der Waals surface area contributed by atoms with Crippen LogP contribution in [0.25, 0.3) is 0 Å². The van der Waals surface area contributed by atoms with Crippen LogP contribution in [0.1, 0.15) is 66.7 Å². The summed E-state index contributed by atoms with van der Waals surface area (Å²) in [6, 6.07) is 0. The minimum atomic E-state index is -0.211. The van der Waals surface area contributed by atoms with E-state index >= 15 is 0 Å². The van der Waals surface area contributed by atoms with E-state index in [1.54, 1.807) is 6.08 Å². The lowest BCUT2D eigenvalue weighted by Gasteiger charge is -2.10. The molecule has 0 fully saturated rings. The van der Waals surface area contributed by atoms with E-state index in [9.17, 15) is 4.79 Å². The van der Waals surface area contributed by atoms with Crippen LogP contribution >= 0.6 is 0 Å². The first-order valence-electron chi connectivity index (χ1n) is 7.43. The highest BCUT2D eigenvalue weighted by molar-refractivity contribution is 5.82. The van der Waals surface area contributed by atoms with Gasteiger partial charge in [-0.05, 0) is 59.3 Å². The zero-order valence-corrected chi connectivity index (χ0v) is 13.3. The monoisotopic (exact) mass is 266 g/mol. The molecule has 0 heterocycles. The predicted octanol–water partition coefficient (Wildman–Crippen LogP) is 5.05. The molecule has 0 rings (SSSR count). The molecule has 0 aliphatic heterocycles. The second kappa shape index (κ2) is 10.8. The fourth-order valence-electron chi connectivity index (χ4n) is 1.99. The first kappa shape index (κ1) is 17.9. The fourth-order valence-corrected chi connectivity index (χ4v) is 1.99. The molecule has 0 saturated carbocycles. The topological polar surface area (TPSA) is 26.3 Å². The second-order valence-electron chi connectivity index (χ2n) is 5.60. The molecule has 0 aromatic heterocycles. The lowest BCUT2D eigenvalue weighted by atomic mass is 9.97. The molecule has 0 radical (unpaired) electrons. The number of carbonyl (C=O) groups is 1. The van der Waals surface area contributed by atoms with E-state index in [1.165, 1.54) is 24.8 Å². The summed E-state index contributed by atoms with van der Waals surface area (Å²) in [4.78, 5) is 11.3. The molecule has 0 bridgehead atoms. The maximum atomic E-state index is 11.3. The van der Waals surface area contributed by atoms with Crippen molar-refractivity contribution in [3.8, 4) is 0 Å². The van der Waals surface area contributed by atoms with Crippen molar-refractivity contribution in [2.45, 2.75) is 66.7 Å². The molecule has 0 N–H and O–H groups in total. The SMILES string of the molecule is CCOC(=O)/C=C(\C)CCC[C@H](C)CCC=C(C)C. The van der Waals surface area contributed by atoms with E-state index in [4.69, 9.17) is 4.74 Å². The van der Waals surface area contributed by atoms with E-state index in [0.29, 0.717) is 6.61 Å². The Morgan fingerprint density at radius 3 is 2.47 bits per heavy atom. The number of carbonyl (C=O) groups excluding carboxylic acids is 1. The quantitative estimate of drug-likeness (QED) is 0.332. The van der Waals surface area contributed by atoms with Crippen LogP contribution in [0.2, 0.25) is 0 Å². The molecule has 1 atom stereocenters. The van der Waals surface area contributed by atoms with Gasteiger partial charge in [0.25, 0.3) is 0 Å². The van der Waals surface area contributed by atoms with Crippen LogP contribution in [-0.4, -0.2) is 12.6 Å². The third-order valence-corrected chi connectivity index (χ3v) is 3.13. The van der Waals surface area contributed by atoms with Gasteiger partial charge in [0.15, 0.2) is 0 Å². The van der Waals surface area contributed by atoms with E-state index in [1.807, 2.05) is 13.8 Å². The van der Waals surface area contributed by atoms with Gasteiger partial charge >= 0.3 is 5.97 Å². The van der Waals surface area contributed by atoms with Crippen LogP contribution in [-0.2, 0) is 9.53 Å². The number of rotatable bonds is 9. The maximum absolute atomic E-state index is 11.3. The van der Waals surface area contributed by atoms with Gasteiger partial charge in [-0.3, -0.25) is 0 Å². The average molecular weight is 266 g/mol. The molecule has 0 unspecified atom stereocenters. The standard InChI is InChI=1S/C17H30O2/c1-6-19-17(18)13-16(5)12-8-11-15(4)10-7-9-14(2)3/h9,13,15H,6-8,10-12H2,1-5H3/b16-13+/t15-/m1/s1. The lowest BCUT2D eigenvalue weighted by Crippen LogP contribution is -2.00. The summed E-state index contributed by atoms with van der Waals surface area (Å²) < 4.78 is 4.89. The van der Waals surface area contributed by atoms with Crippen molar-refractivity contribution in [1.29, 1.82) is 0 Å². The normalized spacial score (nSPS) is 13.0. The van der Waals surface area contributed by atoms with Crippen molar-refractivity contribution < 1.29 is 9.53 Å². The Kier molecular flexibility index (Phi) is 10.2. The Bertz CT molecular complexity index is 309. The Morgan fingerprint density at radius 2 is 1.89 bits per heavy atom. The van der Waals surface area contributed by atoms with Crippen LogP contribution < -0.4 is 0 Å². The number of allylic oxidation sites excluding steroid dienone is 3. The van der Waals surface area contributed by atoms with Crippen molar-refractivity contribution in [2.75, 3.05) is 6.61 Å². The molecule has 2 nitrogen and oxygen atoms in total. The van der Waals surface area contributed by atoms with Gasteiger partial charge < -0.3 is 4.74 Å². The predicted molar refractivity (Wildman–Crippen MR) is 82.1 cm³/mol. The van der Waals surface area contributed by atoms with E-state index in [0.717, 1.165) is 24.3 Å². The third kappa shape index (κ3) is 11.8. The molecule has 0 aliphatic rings. The largest absolute Gasteiger partial charge is 0.463 e. The van der Waals surface area contributed by atoms with Gasteiger partial charge in [-0.25, -0.2) is 4.79 Å². The molecule has 0 spiro atoms. The van der Waals surface area contributed by atoms with Gasteiger partial charge in [0.2, 0.25) is 0 Å². The van der Waals surface area contributed by atoms with Crippen LogP contribution in [0.4, 0.5) is 0 Å². The Hall–Kier alpha value is -1.05. The van der Waals surface area contributed by atoms with E-state index in [-0.39, 0.29) is 5.97 Å². The highest BCUT2D eigenvalue weighted by atomic mass is 16.5. The molecule has 0 aromatic carbocycles. The van der Waals surface area contributed by atoms with Gasteiger partial charge in [0.1, 0.15) is 0 Å². The highest BCUT2D eigenvalue weighted by Gasteiger charge is 2.03. The number of hydrogen-bond acceptors (Lipinski definition) is 2. The van der Waals surface area contributed by atoms with E-state index < -0.39 is 0 Å². The molecular formula is C17H30O2. The van der Waals surface area contributed by atoms with E-state index in [2.05, 4.69) is 26.8 Å². The summed E-state index contributed by atoms with van der Waals surface area (Å²) in [5.41, 5.74) is 2.52. The summed E-state index contributed by atoms with van der Waals surface area (Å²) >= 11 is 0. The molecule has 19 heavy (non-hydrogen) atoms. The Morgan fingerprint density at radius 1 is 1.21 bits per heavy atom. The summed E-state index contributed by atoms with van der Waals surface area (Å²) in [5, 5.41) is 0. The minimum Gasteiger partial charge on any atom is -0.463 e. The Labute approximate surface area is 118 Å². The average Bonchev–Trinajstić information content (AvgIpc) is 2.28. The number of esters is 1. The third-order valence-electron chi connectivity index (χ3n) is 3.13. The first-order valence-corrected chi connectivity index (χ1v) is 7.43. The van der Waals surface area contributed by atoms with Gasteiger partial charge in [0, 0.05) is 6.08 Å². The van der Waals surface area contributed by atoms with Gasteiger partial charge in [0.05, 0.1) is 6.61 Å². The van der Waals surface area contributed by atoms with Crippen molar-refractivity contribution in [1.82, 2.24) is 0 Å².